The second kappa shape index (κ2) is 4.46. The predicted molar refractivity (Wildman–Crippen MR) is 69.6 cm³/mol. The smallest absolute Gasteiger partial charge is 0.414 e. The van der Waals surface area contributed by atoms with Gasteiger partial charge in [-0.1, -0.05) is 6.07 Å². The molecule has 5 nitrogen and oxygen atoms in total. The number of halogens is 1. The molecule has 1 amide bonds. The van der Waals surface area contributed by atoms with Crippen LogP contribution in [0.3, 0.4) is 0 Å². The summed E-state index contributed by atoms with van der Waals surface area (Å²) < 4.78 is 19.2. The molecule has 1 aliphatic heterocycles. The maximum absolute atomic E-state index is 14.2. The zero-order chi connectivity index (χ0) is 14.3. The first-order chi connectivity index (χ1) is 9.59. The van der Waals surface area contributed by atoms with Crippen molar-refractivity contribution in [1.29, 1.82) is 5.26 Å². The monoisotopic (exact) mass is 275 g/mol. The van der Waals surface area contributed by atoms with Crippen LogP contribution in [0.1, 0.15) is 18.4 Å². The molecule has 2 aliphatic rings. The Bertz CT molecular complexity index is 607. The zero-order valence-electron chi connectivity index (χ0n) is 10.8. The Kier molecular flexibility index (Phi) is 2.87. The minimum atomic E-state index is -0.673. The summed E-state index contributed by atoms with van der Waals surface area (Å²) in [6.07, 6.45) is 0.481. The van der Waals surface area contributed by atoms with E-state index in [2.05, 4.69) is 6.07 Å². The zero-order valence-corrected chi connectivity index (χ0v) is 10.8. The Morgan fingerprint density at radius 1 is 1.55 bits per heavy atom. The highest BCUT2D eigenvalue weighted by atomic mass is 19.1. The van der Waals surface area contributed by atoms with E-state index < -0.39 is 17.3 Å². The highest BCUT2D eigenvalue weighted by Gasteiger charge is 2.47. The van der Waals surface area contributed by atoms with Crippen molar-refractivity contribution >= 4 is 11.8 Å². The van der Waals surface area contributed by atoms with Gasteiger partial charge in [-0.2, -0.15) is 5.26 Å². The van der Waals surface area contributed by atoms with E-state index in [9.17, 15) is 9.18 Å². The molecule has 1 aromatic rings. The number of carbonyl (C=O) groups excluding carboxylic acids is 1. The molecule has 20 heavy (non-hydrogen) atoms. The summed E-state index contributed by atoms with van der Waals surface area (Å²) in [6, 6.07) is 6.68. The molecule has 104 valence electrons. The summed E-state index contributed by atoms with van der Waals surface area (Å²) in [6.45, 7) is 0.553. The van der Waals surface area contributed by atoms with Gasteiger partial charge in [-0.25, -0.2) is 9.18 Å². The van der Waals surface area contributed by atoms with E-state index in [4.69, 9.17) is 15.7 Å². The van der Waals surface area contributed by atoms with Crippen LogP contribution in [0.2, 0.25) is 0 Å². The van der Waals surface area contributed by atoms with Gasteiger partial charge in [-0.05, 0) is 25.0 Å². The lowest BCUT2D eigenvalue weighted by molar-refractivity contribution is 0.145. The number of carbonyl (C=O) groups is 1. The van der Waals surface area contributed by atoms with Crippen LogP contribution >= 0.6 is 0 Å². The minimum Gasteiger partial charge on any atom is -0.443 e. The highest BCUT2D eigenvalue weighted by Crippen LogP contribution is 2.48. The van der Waals surface area contributed by atoms with Crippen molar-refractivity contribution in [3.63, 3.8) is 0 Å². The normalized spacial score (nSPS) is 23.4. The molecule has 3 rings (SSSR count). The van der Waals surface area contributed by atoms with Crippen LogP contribution in [-0.2, 0) is 10.2 Å². The molecule has 1 unspecified atom stereocenters. The van der Waals surface area contributed by atoms with Crippen LogP contribution in [0.4, 0.5) is 14.9 Å². The molecule has 1 saturated heterocycles. The third-order valence-electron chi connectivity index (χ3n) is 3.88. The van der Waals surface area contributed by atoms with Crippen molar-refractivity contribution in [2.45, 2.75) is 24.4 Å². The first-order valence-corrected chi connectivity index (χ1v) is 6.49. The van der Waals surface area contributed by atoms with E-state index in [0.717, 1.165) is 0 Å². The number of rotatable bonds is 3. The average molecular weight is 275 g/mol. The van der Waals surface area contributed by atoms with E-state index in [0.29, 0.717) is 30.6 Å². The highest BCUT2D eigenvalue weighted by molar-refractivity contribution is 5.89. The molecule has 0 aromatic heterocycles. The first kappa shape index (κ1) is 12.9. The van der Waals surface area contributed by atoms with Gasteiger partial charge in [0.1, 0.15) is 11.9 Å². The molecule has 2 fully saturated rings. The molecule has 0 bridgehead atoms. The molecular formula is C14H14FN3O2. The number of cyclic esters (lactones) is 1. The Morgan fingerprint density at radius 2 is 2.30 bits per heavy atom. The van der Waals surface area contributed by atoms with Crippen molar-refractivity contribution in [3.8, 4) is 6.07 Å². The maximum Gasteiger partial charge on any atom is 0.414 e. The van der Waals surface area contributed by atoms with Crippen LogP contribution in [0.5, 0.6) is 0 Å². The van der Waals surface area contributed by atoms with Crippen LogP contribution in [-0.4, -0.2) is 25.3 Å². The van der Waals surface area contributed by atoms with Crippen molar-refractivity contribution in [2.75, 3.05) is 18.0 Å². The number of hydrogen-bond donors (Lipinski definition) is 1. The Morgan fingerprint density at radius 3 is 2.80 bits per heavy atom. The van der Waals surface area contributed by atoms with Gasteiger partial charge in [-0.3, -0.25) is 4.90 Å². The lowest BCUT2D eigenvalue weighted by Crippen LogP contribution is -2.27. The molecule has 1 saturated carbocycles. The van der Waals surface area contributed by atoms with Crippen LogP contribution in [0.25, 0.3) is 0 Å². The van der Waals surface area contributed by atoms with Gasteiger partial charge in [-0.15, -0.1) is 0 Å². The first-order valence-electron chi connectivity index (χ1n) is 6.49. The second-order valence-corrected chi connectivity index (χ2v) is 5.21. The molecule has 0 spiro atoms. The SMILES string of the molecule is N#CC1(c2ccc(N3CC(CN)OC3=O)cc2F)CC1. The Balaban J connectivity index is 1.88. The second-order valence-electron chi connectivity index (χ2n) is 5.21. The van der Waals surface area contributed by atoms with E-state index >= 15 is 0 Å². The van der Waals surface area contributed by atoms with Gasteiger partial charge in [0.2, 0.25) is 0 Å². The summed E-state index contributed by atoms with van der Waals surface area (Å²) in [7, 11) is 0. The standard InChI is InChI=1S/C14H14FN3O2/c15-12-5-9(18-7-10(6-16)20-13(18)19)1-2-11(12)14(8-17)3-4-14/h1-2,5,10H,3-4,6-7,16H2. The average Bonchev–Trinajstić information content (AvgIpc) is 3.15. The number of nitrogens with two attached hydrogens (primary N) is 1. The van der Waals surface area contributed by atoms with E-state index in [1.807, 2.05) is 0 Å². The van der Waals surface area contributed by atoms with Gasteiger partial charge in [0.25, 0.3) is 0 Å². The van der Waals surface area contributed by atoms with Gasteiger partial charge < -0.3 is 10.5 Å². The molecule has 6 heteroatoms. The molecular weight excluding hydrogens is 261 g/mol. The lowest BCUT2D eigenvalue weighted by atomic mass is 9.97. The number of nitriles is 1. The fourth-order valence-corrected chi connectivity index (χ4v) is 2.48. The quantitative estimate of drug-likeness (QED) is 0.910. The van der Waals surface area contributed by atoms with E-state index in [1.165, 1.54) is 11.0 Å². The largest absolute Gasteiger partial charge is 0.443 e. The summed E-state index contributed by atoms with van der Waals surface area (Å²) in [5.74, 6) is -0.453. The number of ether oxygens (including phenoxy) is 1. The molecule has 1 aromatic carbocycles. The van der Waals surface area contributed by atoms with Gasteiger partial charge in [0.05, 0.1) is 23.7 Å². The predicted octanol–water partition coefficient (Wildman–Crippen LogP) is 1.66. The molecule has 1 atom stereocenters. The van der Waals surface area contributed by atoms with Crippen LogP contribution in [0, 0.1) is 17.1 Å². The molecule has 1 heterocycles. The molecule has 2 N–H and O–H groups in total. The van der Waals surface area contributed by atoms with Crippen molar-refractivity contribution in [2.24, 2.45) is 5.73 Å². The maximum atomic E-state index is 14.2. The van der Waals surface area contributed by atoms with E-state index in [-0.39, 0.29) is 12.6 Å². The van der Waals surface area contributed by atoms with Gasteiger partial charge in [0.15, 0.2) is 0 Å². The lowest BCUT2D eigenvalue weighted by Gasteiger charge is -2.15. The minimum absolute atomic E-state index is 0.236. The molecule has 0 radical (unpaired) electrons. The summed E-state index contributed by atoms with van der Waals surface area (Å²) in [5, 5.41) is 9.11. The molecule has 1 aliphatic carbocycles. The number of nitrogens with zero attached hydrogens (tertiary/aromatic N) is 2. The van der Waals surface area contributed by atoms with Gasteiger partial charge in [0, 0.05) is 12.1 Å². The third kappa shape index (κ3) is 1.91. The summed E-state index contributed by atoms with van der Waals surface area (Å²) in [5.41, 5.74) is 5.63. The van der Waals surface area contributed by atoms with Crippen molar-refractivity contribution in [1.82, 2.24) is 0 Å². The number of amides is 1. The van der Waals surface area contributed by atoms with Crippen molar-refractivity contribution < 1.29 is 13.9 Å². The topological polar surface area (TPSA) is 79.3 Å². The van der Waals surface area contributed by atoms with Crippen molar-refractivity contribution in [3.05, 3.63) is 29.6 Å². The number of benzene rings is 1. The van der Waals surface area contributed by atoms with Crippen LogP contribution < -0.4 is 10.6 Å². The Hall–Kier alpha value is -2.13. The fourth-order valence-electron chi connectivity index (χ4n) is 2.48. The number of hydrogen-bond acceptors (Lipinski definition) is 4. The van der Waals surface area contributed by atoms with Gasteiger partial charge >= 0.3 is 6.09 Å². The Labute approximate surface area is 115 Å². The third-order valence-corrected chi connectivity index (χ3v) is 3.88. The van der Waals surface area contributed by atoms with E-state index in [1.54, 1.807) is 12.1 Å². The van der Waals surface area contributed by atoms with Crippen LogP contribution in [0.15, 0.2) is 18.2 Å². The summed E-state index contributed by atoms with van der Waals surface area (Å²) in [4.78, 5) is 13.0. The number of anilines is 1. The fraction of sp³-hybridized carbons (Fsp3) is 0.429. The summed E-state index contributed by atoms with van der Waals surface area (Å²) >= 11 is 0.